The van der Waals surface area contributed by atoms with Gasteiger partial charge in [0, 0.05) is 6.54 Å². The van der Waals surface area contributed by atoms with Crippen molar-refractivity contribution in [3.8, 4) is 10.4 Å². The minimum atomic E-state index is -0.126. The summed E-state index contributed by atoms with van der Waals surface area (Å²) >= 11 is 1.63. The van der Waals surface area contributed by atoms with Crippen molar-refractivity contribution in [2.75, 3.05) is 6.54 Å². The van der Waals surface area contributed by atoms with Crippen molar-refractivity contribution in [1.82, 2.24) is 10.3 Å². The number of nitrogens with two attached hydrogens (primary N) is 1. The lowest BCUT2D eigenvalue weighted by atomic mass is 10.0. The molecule has 0 saturated heterocycles. The van der Waals surface area contributed by atoms with E-state index in [0.29, 0.717) is 13.0 Å². The average molecular weight is 261 g/mol. The van der Waals surface area contributed by atoms with Gasteiger partial charge in [-0.1, -0.05) is 24.3 Å². The first-order valence-corrected chi connectivity index (χ1v) is 6.54. The summed E-state index contributed by atoms with van der Waals surface area (Å²) in [5.41, 5.74) is 10.6. The van der Waals surface area contributed by atoms with Gasteiger partial charge < -0.3 is 11.1 Å². The van der Waals surface area contributed by atoms with Crippen LogP contribution in [0.3, 0.4) is 0 Å². The highest BCUT2D eigenvalue weighted by molar-refractivity contribution is 7.13. The van der Waals surface area contributed by atoms with Crippen LogP contribution >= 0.6 is 11.3 Å². The van der Waals surface area contributed by atoms with Gasteiger partial charge in [0.2, 0.25) is 6.41 Å². The third-order valence-electron chi connectivity index (χ3n) is 2.83. The van der Waals surface area contributed by atoms with Gasteiger partial charge in [-0.2, -0.15) is 0 Å². The Morgan fingerprint density at radius 3 is 2.67 bits per heavy atom. The maximum atomic E-state index is 10.5. The van der Waals surface area contributed by atoms with Gasteiger partial charge in [0.05, 0.1) is 22.1 Å². The molecule has 0 spiro atoms. The van der Waals surface area contributed by atoms with E-state index in [4.69, 9.17) is 5.73 Å². The van der Waals surface area contributed by atoms with Gasteiger partial charge >= 0.3 is 0 Å². The SMILES string of the molecule is Cc1ncsc1-c1ccc(C(CN)NC=O)cc1. The third-order valence-corrected chi connectivity index (χ3v) is 3.80. The van der Waals surface area contributed by atoms with E-state index in [2.05, 4.69) is 10.3 Å². The van der Waals surface area contributed by atoms with Crippen LogP contribution in [0.1, 0.15) is 17.3 Å². The lowest BCUT2D eigenvalue weighted by molar-refractivity contribution is -0.110. The van der Waals surface area contributed by atoms with Crippen molar-refractivity contribution in [1.29, 1.82) is 0 Å². The summed E-state index contributed by atoms with van der Waals surface area (Å²) in [6.07, 6.45) is 0.679. The van der Waals surface area contributed by atoms with Crippen LogP contribution in [0.2, 0.25) is 0 Å². The van der Waals surface area contributed by atoms with Crippen LogP contribution in [-0.2, 0) is 4.79 Å². The summed E-state index contributed by atoms with van der Waals surface area (Å²) in [6, 6.07) is 7.92. The zero-order chi connectivity index (χ0) is 13.0. The molecule has 0 aliphatic carbocycles. The zero-order valence-electron chi connectivity index (χ0n) is 10.1. The Balaban J connectivity index is 2.24. The summed E-state index contributed by atoms with van der Waals surface area (Å²) in [5.74, 6) is 0. The van der Waals surface area contributed by atoms with Gasteiger partial charge in [0.15, 0.2) is 0 Å². The summed E-state index contributed by atoms with van der Waals surface area (Å²) in [7, 11) is 0. The van der Waals surface area contributed by atoms with Gasteiger partial charge in [-0.15, -0.1) is 11.3 Å². The van der Waals surface area contributed by atoms with E-state index >= 15 is 0 Å². The van der Waals surface area contributed by atoms with Crippen LogP contribution in [0.25, 0.3) is 10.4 Å². The fourth-order valence-electron chi connectivity index (χ4n) is 1.83. The Kier molecular flexibility index (Phi) is 4.07. The van der Waals surface area contributed by atoms with Crippen LogP contribution in [0.15, 0.2) is 29.8 Å². The van der Waals surface area contributed by atoms with Gasteiger partial charge in [0.25, 0.3) is 0 Å². The van der Waals surface area contributed by atoms with E-state index in [9.17, 15) is 4.79 Å². The number of carbonyl (C=O) groups excluding carboxylic acids is 1. The number of nitrogens with one attached hydrogen (secondary N) is 1. The number of amides is 1. The molecule has 0 radical (unpaired) electrons. The second-order valence-electron chi connectivity index (χ2n) is 3.96. The van der Waals surface area contributed by atoms with E-state index in [1.54, 1.807) is 11.3 Å². The highest BCUT2D eigenvalue weighted by Crippen LogP contribution is 2.27. The first-order valence-electron chi connectivity index (χ1n) is 5.66. The minimum absolute atomic E-state index is 0.126. The smallest absolute Gasteiger partial charge is 0.207 e. The molecule has 94 valence electrons. The van der Waals surface area contributed by atoms with Crippen LogP contribution in [0, 0.1) is 6.92 Å². The van der Waals surface area contributed by atoms with Crippen molar-refractivity contribution in [2.24, 2.45) is 5.73 Å². The summed E-state index contributed by atoms with van der Waals surface area (Å²) < 4.78 is 0. The molecule has 1 amide bonds. The molecule has 0 aliphatic rings. The topological polar surface area (TPSA) is 68.0 Å². The predicted molar refractivity (Wildman–Crippen MR) is 73.3 cm³/mol. The summed E-state index contributed by atoms with van der Waals surface area (Å²) in [5, 5.41) is 2.70. The molecule has 0 aliphatic heterocycles. The molecule has 4 nitrogen and oxygen atoms in total. The largest absolute Gasteiger partial charge is 0.351 e. The first-order chi connectivity index (χ1) is 8.76. The molecule has 1 unspecified atom stereocenters. The number of aromatic nitrogens is 1. The number of thiazole rings is 1. The minimum Gasteiger partial charge on any atom is -0.351 e. The lowest BCUT2D eigenvalue weighted by Gasteiger charge is -2.14. The molecule has 0 fully saturated rings. The second-order valence-corrected chi connectivity index (χ2v) is 4.82. The predicted octanol–water partition coefficient (Wildman–Crippen LogP) is 1.86. The summed E-state index contributed by atoms with van der Waals surface area (Å²) in [4.78, 5) is 15.9. The first kappa shape index (κ1) is 12.7. The highest BCUT2D eigenvalue weighted by atomic mass is 32.1. The fraction of sp³-hybridized carbons (Fsp3) is 0.231. The van der Waals surface area contributed by atoms with Crippen molar-refractivity contribution in [3.05, 3.63) is 41.0 Å². The van der Waals surface area contributed by atoms with E-state index in [1.165, 1.54) is 4.88 Å². The molecular formula is C13H15N3OS. The van der Waals surface area contributed by atoms with Crippen molar-refractivity contribution < 1.29 is 4.79 Å². The number of aryl methyl sites for hydroxylation is 1. The lowest BCUT2D eigenvalue weighted by Crippen LogP contribution is -2.26. The van der Waals surface area contributed by atoms with Gasteiger partial charge in [-0.05, 0) is 18.1 Å². The molecule has 0 bridgehead atoms. The van der Waals surface area contributed by atoms with Gasteiger partial charge in [-0.25, -0.2) is 4.98 Å². The molecule has 2 rings (SSSR count). The molecule has 1 heterocycles. The molecule has 2 aromatic rings. The fourth-order valence-corrected chi connectivity index (χ4v) is 2.64. The number of hydrogen-bond acceptors (Lipinski definition) is 4. The van der Waals surface area contributed by atoms with E-state index in [1.807, 2.05) is 36.7 Å². The quantitative estimate of drug-likeness (QED) is 0.807. The van der Waals surface area contributed by atoms with Gasteiger partial charge in [0.1, 0.15) is 0 Å². The van der Waals surface area contributed by atoms with Crippen molar-refractivity contribution >= 4 is 17.7 Å². The Bertz CT molecular complexity index is 521. The number of rotatable bonds is 5. The molecule has 1 atom stereocenters. The molecular weight excluding hydrogens is 246 g/mol. The highest BCUT2D eigenvalue weighted by Gasteiger charge is 2.09. The van der Waals surface area contributed by atoms with E-state index in [0.717, 1.165) is 16.8 Å². The van der Waals surface area contributed by atoms with Crippen molar-refractivity contribution in [3.63, 3.8) is 0 Å². The third kappa shape index (κ3) is 2.57. The van der Waals surface area contributed by atoms with E-state index < -0.39 is 0 Å². The Morgan fingerprint density at radius 2 is 2.17 bits per heavy atom. The Hall–Kier alpha value is -1.72. The molecule has 18 heavy (non-hydrogen) atoms. The standard InChI is InChI=1S/C13H15N3OS/c1-9-13(18-8-16-9)11-4-2-10(3-5-11)12(6-14)15-7-17/h2-5,7-8,12H,6,14H2,1H3,(H,15,17). The van der Waals surface area contributed by atoms with Gasteiger partial charge in [-0.3, -0.25) is 4.79 Å². The number of hydrogen-bond donors (Lipinski definition) is 2. The maximum absolute atomic E-state index is 10.5. The maximum Gasteiger partial charge on any atom is 0.207 e. The number of carbonyl (C=O) groups is 1. The molecule has 0 saturated carbocycles. The molecule has 3 N–H and O–H groups in total. The van der Waals surface area contributed by atoms with Crippen molar-refractivity contribution in [2.45, 2.75) is 13.0 Å². The van der Waals surface area contributed by atoms with Crippen LogP contribution in [0.5, 0.6) is 0 Å². The van der Waals surface area contributed by atoms with Crippen LogP contribution in [-0.4, -0.2) is 17.9 Å². The molecule has 5 heteroatoms. The monoisotopic (exact) mass is 261 g/mol. The second kappa shape index (κ2) is 5.75. The average Bonchev–Trinajstić information content (AvgIpc) is 2.82. The number of benzene rings is 1. The zero-order valence-corrected chi connectivity index (χ0v) is 10.9. The number of nitrogens with zero attached hydrogens (tertiary/aromatic N) is 1. The normalized spacial score (nSPS) is 12.1. The Morgan fingerprint density at radius 1 is 1.44 bits per heavy atom. The van der Waals surface area contributed by atoms with Crippen LogP contribution < -0.4 is 11.1 Å². The van der Waals surface area contributed by atoms with E-state index in [-0.39, 0.29) is 6.04 Å². The summed E-state index contributed by atoms with van der Waals surface area (Å²) in [6.45, 7) is 2.38. The Labute approximate surface area is 110 Å². The van der Waals surface area contributed by atoms with Crippen LogP contribution in [0.4, 0.5) is 0 Å². The molecule has 1 aromatic carbocycles. The molecule has 1 aromatic heterocycles.